The molecule has 0 aromatic heterocycles. The Bertz CT molecular complexity index is 1330. The summed E-state index contributed by atoms with van der Waals surface area (Å²) < 4.78 is 18.2. The lowest BCUT2D eigenvalue weighted by molar-refractivity contribution is -0.160. The van der Waals surface area contributed by atoms with Gasteiger partial charge in [-0.1, -0.05) is 58.4 Å². The summed E-state index contributed by atoms with van der Waals surface area (Å²) in [5, 5.41) is 12.6. The Morgan fingerprint density at radius 1 is 1.17 bits per heavy atom. The van der Waals surface area contributed by atoms with Gasteiger partial charge in [0.25, 0.3) is 0 Å². The molecule has 4 aliphatic rings. The normalized spacial score (nSPS) is 28.5. The van der Waals surface area contributed by atoms with E-state index in [1.807, 2.05) is 30.3 Å². The molecule has 4 fully saturated rings. The number of esters is 1. The fraction of sp³-hybridized carbons (Fsp3) is 0.600. The van der Waals surface area contributed by atoms with Crippen molar-refractivity contribution in [3.05, 3.63) is 61.2 Å². The molecule has 2 N–H and O–H groups in total. The highest BCUT2D eigenvalue weighted by atomic mass is 79.9. The zero-order valence-corrected chi connectivity index (χ0v) is 28.9. The van der Waals surface area contributed by atoms with E-state index >= 15 is 0 Å². The maximum atomic E-state index is 14.5. The average Bonchev–Trinajstić information content (AvgIpc) is 3.69. The molecule has 7 atom stereocenters. The van der Waals surface area contributed by atoms with E-state index in [-0.39, 0.29) is 61.6 Å². The molecule has 3 amide bonds. The van der Waals surface area contributed by atoms with E-state index in [1.165, 1.54) is 4.90 Å². The Hall–Kier alpha value is -3.10. The summed E-state index contributed by atoms with van der Waals surface area (Å²) in [7, 11) is 0. The lowest BCUT2D eigenvalue weighted by Gasteiger charge is -2.38. The Morgan fingerprint density at radius 3 is 2.60 bits per heavy atom. The van der Waals surface area contributed by atoms with Crippen LogP contribution in [0.1, 0.15) is 37.4 Å². The van der Waals surface area contributed by atoms with Crippen molar-refractivity contribution in [2.75, 3.05) is 65.6 Å². The van der Waals surface area contributed by atoms with Gasteiger partial charge in [0.2, 0.25) is 17.7 Å². The molecule has 0 radical (unpaired) electrons. The van der Waals surface area contributed by atoms with Gasteiger partial charge < -0.3 is 34.4 Å². The lowest BCUT2D eigenvalue weighted by Crippen LogP contribution is -2.57. The Balaban J connectivity index is 1.40. The number of ether oxygens (including phenoxy) is 3. The topological polar surface area (TPSA) is 138 Å². The monoisotopic (exact) mass is 730 g/mol. The van der Waals surface area contributed by atoms with E-state index in [4.69, 9.17) is 14.2 Å². The van der Waals surface area contributed by atoms with Crippen molar-refractivity contribution >= 4 is 39.6 Å². The van der Waals surface area contributed by atoms with Crippen LogP contribution in [0.5, 0.6) is 0 Å². The molecule has 12 nitrogen and oxygen atoms in total. The summed E-state index contributed by atoms with van der Waals surface area (Å²) in [6, 6.07) is 8.14. The number of carbonyl (C=O) groups is 4. The number of likely N-dealkylation sites (tertiary alicyclic amines) is 1. The van der Waals surface area contributed by atoms with Crippen molar-refractivity contribution in [3.8, 4) is 0 Å². The number of nitrogens with one attached hydrogen (secondary N) is 1. The largest absolute Gasteiger partial charge is 0.455 e. The number of morpholine rings is 1. The molecular weight excluding hydrogens is 684 g/mol. The van der Waals surface area contributed by atoms with Crippen molar-refractivity contribution in [1.29, 1.82) is 0 Å². The zero-order valence-electron chi connectivity index (χ0n) is 27.3. The summed E-state index contributed by atoms with van der Waals surface area (Å²) in [5.41, 5.74) is -0.564. The number of fused-ring (bicyclic) bond motifs is 1. The van der Waals surface area contributed by atoms with Crippen LogP contribution < -0.4 is 5.32 Å². The minimum absolute atomic E-state index is 0.0505. The molecule has 4 heterocycles. The maximum absolute atomic E-state index is 14.5. The molecule has 1 aromatic carbocycles. The van der Waals surface area contributed by atoms with Crippen LogP contribution in [0.3, 0.4) is 0 Å². The van der Waals surface area contributed by atoms with Gasteiger partial charge in [-0.2, -0.15) is 0 Å². The zero-order chi connectivity index (χ0) is 34.3. The first-order valence-electron chi connectivity index (χ1n) is 16.8. The molecule has 4 saturated heterocycles. The fourth-order valence-corrected chi connectivity index (χ4v) is 8.45. The molecule has 262 valence electrons. The van der Waals surface area contributed by atoms with Gasteiger partial charge in [-0.05, 0) is 24.8 Å². The number of benzene rings is 1. The number of amides is 3. The molecule has 13 heteroatoms. The SMILES string of the molecule is C=CCCC(=O)NC[C@@H](OC(=O)[C@H]1[C@@H]2O[C@@]3(CC2Br)[C@@H]1C(=O)N(CCCO)[C@@H]3C(=O)N(CC=C)CCN1CCOCC1)c1ccccc1. The number of alkyl halides is 1. The van der Waals surface area contributed by atoms with Crippen LogP contribution >= 0.6 is 15.9 Å². The molecule has 4 aliphatic heterocycles. The molecule has 0 aliphatic carbocycles. The van der Waals surface area contributed by atoms with Crippen molar-refractivity contribution in [2.45, 2.75) is 54.4 Å². The highest BCUT2D eigenvalue weighted by molar-refractivity contribution is 9.09. The van der Waals surface area contributed by atoms with E-state index in [0.29, 0.717) is 44.7 Å². The minimum atomic E-state index is -1.26. The number of rotatable bonds is 17. The summed E-state index contributed by atoms with van der Waals surface area (Å²) in [6.45, 7) is 11.7. The van der Waals surface area contributed by atoms with E-state index in [1.54, 1.807) is 17.1 Å². The first-order valence-corrected chi connectivity index (χ1v) is 17.7. The van der Waals surface area contributed by atoms with Gasteiger partial charge in [0.05, 0.1) is 37.7 Å². The number of hydrogen-bond acceptors (Lipinski definition) is 9. The van der Waals surface area contributed by atoms with Gasteiger partial charge in [-0.3, -0.25) is 24.1 Å². The Labute approximate surface area is 290 Å². The van der Waals surface area contributed by atoms with Crippen LogP contribution in [0.15, 0.2) is 55.6 Å². The first-order chi connectivity index (χ1) is 23.2. The number of carbonyl (C=O) groups excluding carboxylic acids is 4. The highest BCUT2D eigenvalue weighted by Gasteiger charge is 2.77. The number of hydrogen-bond donors (Lipinski definition) is 2. The van der Waals surface area contributed by atoms with Crippen LogP contribution in [0.25, 0.3) is 0 Å². The van der Waals surface area contributed by atoms with Gasteiger partial charge in [0, 0.05) is 57.1 Å². The molecule has 2 bridgehead atoms. The third-order valence-electron chi connectivity index (χ3n) is 9.79. The van der Waals surface area contributed by atoms with Crippen molar-refractivity contribution in [2.24, 2.45) is 11.8 Å². The molecular formula is C35H47BrN4O8. The second kappa shape index (κ2) is 16.5. The molecule has 1 aromatic rings. The Kier molecular flexibility index (Phi) is 12.5. The number of allylic oxidation sites excluding steroid dienone is 1. The summed E-state index contributed by atoms with van der Waals surface area (Å²) in [4.78, 5) is 60.6. The lowest BCUT2D eigenvalue weighted by atomic mass is 9.70. The smallest absolute Gasteiger partial charge is 0.313 e. The quantitative estimate of drug-likeness (QED) is 0.140. The summed E-state index contributed by atoms with van der Waals surface area (Å²) >= 11 is 3.71. The van der Waals surface area contributed by atoms with E-state index < -0.39 is 41.7 Å². The highest BCUT2D eigenvalue weighted by Crippen LogP contribution is 2.60. The standard InChI is InChI=1S/C35H47BrN4O8/c1-3-5-12-27(42)37-23-26(24-10-7-6-8-11-24)47-34(45)28-29-32(43)40(14-9-19-41)31(35(29)22-25(36)30(28)48-35)33(44)39(13-4-2)16-15-38-17-20-46-21-18-38/h3-4,6-8,10-11,25-26,28-31,41H,1-2,5,9,12-23H2,(H,37,42)/t25?,26-,28-,29+,30-,31-,35+/m1/s1. The van der Waals surface area contributed by atoms with Crippen molar-refractivity contribution in [3.63, 3.8) is 0 Å². The van der Waals surface area contributed by atoms with Crippen LogP contribution in [0.4, 0.5) is 0 Å². The Morgan fingerprint density at radius 2 is 1.92 bits per heavy atom. The van der Waals surface area contributed by atoms with Crippen LogP contribution in [-0.2, 0) is 33.4 Å². The molecule has 0 saturated carbocycles. The van der Waals surface area contributed by atoms with Crippen molar-refractivity contribution < 1.29 is 38.5 Å². The van der Waals surface area contributed by atoms with E-state index in [2.05, 4.69) is 39.3 Å². The maximum Gasteiger partial charge on any atom is 0.313 e. The first kappa shape index (κ1) is 36.2. The third kappa shape index (κ3) is 7.55. The summed E-state index contributed by atoms with van der Waals surface area (Å²) in [6.07, 6.45) is 3.24. The van der Waals surface area contributed by atoms with E-state index in [0.717, 1.165) is 13.1 Å². The average molecular weight is 732 g/mol. The van der Waals surface area contributed by atoms with Gasteiger partial charge in [-0.25, -0.2) is 0 Å². The van der Waals surface area contributed by atoms with Gasteiger partial charge in [0.1, 0.15) is 17.7 Å². The van der Waals surface area contributed by atoms with Crippen molar-refractivity contribution in [1.82, 2.24) is 20.0 Å². The number of halogens is 1. The fourth-order valence-electron chi connectivity index (χ4n) is 7.51. The number of nitrogens with zero attached hydrogens (tertiary/aromatic N) is 3. The predicted octanol–water partition coefficient (Wildman–Crippen LogP) is 1.83. The summed E-state index contributed by atoms with van der Waals surface area (Å²) in [5.74, 6) is -3.36. The van der Waals surface area contributed by atoms with Crippen LogP contribution in [-0.4, -0.2) is 132 Å². The second-order valence-electron chi connectivity index (χ2n) is 12.8. The minimum Gasteiger partial charge on any atom is -0.455 e. The van der Waals surface area contributed by atoms with Crippen LogP contribution in [0, 0.1) is 11.8 Å². The van der Waals surface area contributed by atoms with Crippen LogP contribution in [0.2, 0.25) is 0 Å². The van der Waals surface area contributed by atoms with Gasteiger partial charge in [-0.15, -0.1) is 13.2 Å². The number of aliphatic hydroxyl groups excluding tert-OH is 1. The van der Waals surface area contributed by atoms with Gasteiger partial charge in [0.15, 0.2) is 0 Å². The predicted molar refractivity (Wildman–Crippen MR) is 181 cm³/mol. The van der Waals surface area contributed by atoms with Gasteiger partial charge >= 0.3 is 5.97 Å². The molecule has 1 spiro atoms. The molecule has 1 unspecified atom stereocenters. The molecule has 48 heavy (non-hydrogen) atoms. The number of aliphatic hydroxyl groups is 1. The van der Waals surface area contributed by atoms with E-state index in [9.17, 15) is 24.3 Å². The third-order valence-corrected chi connectivity index (χ3v) is 10.6. The molecule has 5 rings (SSSR count). The second-order valence-corrected chi connectivity index (χ2v) is 13.9.